The normalized spacial score (nSPS) is 12.1. The molecule has 0 bridgehead atoms. The molecule has 4 rings (SSSR count). The molecule has 0 radical (unpaired) electrons. The second kappa shape index (κ2) is 8.51. The third-order valence-electron chi connectivity index (χ3n) is 4.39. The summed E-state index contributed by atoms with van der Waals surface area (Å²) in [7, 11) is 0. The maximum Gasteiger partial charge on any atom is 0.257 e. The van der Waals surface area contributed by atoms with Crippen LogP contribution in [0.15, 0.2) is 58.4 Å². The molecule has 0 saturated heterocycles. The van der Waals surface area contributed by atoms with E-state index in [0.29, 0.717) is 27.6 Å². The lowest BCUT2D eigenvalue weighted by molar-refractivity contribution is 0.0917. The minimum atomic E-state index is -0.804. The first-order valence-corrected chi connectivity index (χ1v) is 10.9. The summed E-state index contributed by atoms with van der Waals surface area (Å²) >= 11 is 9.41. The summed E-state index contributed by atoms with van der Waals surface area (Å²) in [4.78, 5) is 15.8. The summed E-state index contributed by atoms with van der Waals surface area (Å²) in [5.74, 6) is 0.0239. The van der Waals surface area contributed by atoms with Crippen molar-refractivity contribution >= 4 is 40.2 Å². The zero-order chi connectivity index (χ0) is 20.4. The highest BCUT2D eigenvalue weighted by atomic mass is 35.5. The Bertz CT molecular complexity index is 1130. The van der Waals surface area contributed by atoms with Crippen LogP contribution in [0.5, 0.6) is 0 Å². The van der Waals surface area contributed by atoms with Crippen LogP contribution in [-0.2, 0) is 0 Å². The smallest absolute Gasteiger partial charge is 0.257 e. The molecule has 1 unspecified atom stereocenters. The predicted octanol–water partition coefficient (Wildman–Crippen LogP) is 5.56. The number of rotatable bonds is 6. The van der Waals surface area contributed by atoms with Gasteiger partial charge < -0.3 is 14.9 Å². The number of nitrogens with zero attached hydrogens (tertiary/aromatic N) is 1. The number of aliphatic hydroxyl groups excluding tert-OH is 1. The SMILES string of the molecule is Cc1onc(-c2ccccc2Cl)c1C(=O)NCC(O)c1ccc(-c2cccs2)s1. The zero-order valence-electron chi connectivity index (χ0n) is 15.4. The van der Waals surface area contributed by atoms with E-state index in [1.165, 1.54) is 11.3 Å². The number of thiophene rings is 2. The zero-order valence-corrected chi connectivity index (χ0v) is 17.8. The van der Waals surface area contributed by atoms with Crippen molar-refractivity contribution in [1.29, 1.82) is 0 Å². The Balaban J connectivity index is 1.48. The molecule has 1 aromatic carbocycles. The molecule has 29 heavy (non-hydrogen) atoms. The molecule has 148 valence electrons. The van der Waals surface area contributed by atoms with Crippen LogP contribution < -0.4 is 5.32 Å². The first kappa shape index (κ1) is 19.8. The molecule has 0 aliphatic heterocycles. The quantitative estimate of drug-likeness (QED) is 0.408. The van der Waals surface area contributed by atoms with E-state index in [4.69, 9.17) is 16.1 Å². The fourth-order valence-electron chi connectivity index (χ4n) is 2.94. The Labute approximate surface area is 180 Å². The molecule has 4 aromatic rings. The second-order valence-electron chi connectivity index (χ2n) is 6.35. The number of nitrogens with one attached hydrogen (secondary N) is 1. The number of aliphatic hydroxyl groups is 1. The van der Waals surface area contributed by atoms with Gasteiger partial charge in [-0.3, -0.25) is 4.79 Å². The average molecular weight is 445 g/mol. The van der Waals surface area contributed by atoms with Gasteiger partial charge >= 0.3 is 0 Å². The van der Waals surface area contributed by atoms with Gasteiger partial charge in [-0.1, -0.05) is 41.0 Å². The molecule has 0 aliphatic rings. The van der Waals surface area contributed by atoms with E-state index in [0.717, 1.165) is 14.6 Å². The van der Waals surface area contributed by atoms with Crippen molar-refractivity contribution in [1.82, 2.24) is 10.5 Å². The minimum Gasteiger partial charge on any atom is -0.386 e. The molecule has 1 amide bonds. The van der Waals surface area contributed by atoms with Gasteiger partial charge in [0.1, 0.15) is 23.1 Å². The number of amides is 1. The van der Waals surface area contributed by atoms with Gasteiger partial charge in [-0.05, 0) is 36.6 Å². The third kappa shape index (κ3) is 4.13. The van der Waals surface area contributed by atoms with E-state index >= 15 is 0 Å². The number of carbonyl (C=O) groups is 1. The van der Waals surface area contributed by atoms with Crippen LogP contribution in [0.1, 0.15) is 27.1 Å². The van der Waals surface area contributed by atoms with E-state index < -0.39 is 6.10 Å². The van der Waals surface area contributed by atoms with E-state index in [2.05, 4.69) is 10.5 Å². The van der Waals surface area contributed by atoms with Gasteiger partial charge in [0.15, 0.2) is 0 Å². The standard InChI is InChI=1S/C21H17ClN2O3S2/c1-12-19(20(24-27-12)13-5-2-3-6-14(13)22)21(26)23-11-15(25)16-8-9-18(29-16)17-7-4-10-28-17/h2-10,15,25H,11H2,1H3,(H,23,26). The molecule has 3 aromatic heterocycles. The highest BCUT2D eigenvalue weighted by Gasteiger charge is 2.23. The van der Waals surface area contributed by atoms with Gasteiger partial charge in [-0.25, -0.2) is 0 Å². The van der Waals surface area contributed by atoms with Crippen LogP contribution in [0.25, 0.3) is 21.0 Å². The van der Waals surface area contributed by atoms with Crippen molar-refractivity contribution in [2.45, 2.75) is 13.0 Å². The van der Waals surface area contributed by atoms with Crippen molar-refractivity contribution in [3.8, 4) is 21.0 Å². The highest BCUT2D eigenvalue weighted by Crippen LogP contribution is 2.34. The Morgan fingerprint density at radius 3 is 2.79 bits per heavy atom. The van der Waals surface area contributed by atoms with Crippen molar-refractivity contribution in [3.05, 3.63) is 75.1 Å². The molecule has 8 heteroatoms. The first-order chi connectivity index (χ1) is 14.0. The Kier molecular flexibility index (Phi) is 5.82. The Morgan fingerprint density at radius 1 is 1.21 bits per heavy atom. The van der Waals surface area contributed by atoms with Gasteiger partial charge in [0, 0.05) is 26.7 Å². The van der Waals surface area contributed by atoms with E-state index in [9.17, 15) is 9.90 Å². The van der Waals surface area contributed by atoms with Gasteiger partial charge in [0.25, 0.3) is 5.91 Å². The summed E-state index contributed by atoms with van der Waals surface area (Å²) < 4.78 is 5.23. The molecule has 0 aliphatic carbocycles. The highest BCUT2D eigenvalue weighted by molar-refractivity contribution is 7.21. The summed E-state index contributed by atoms with van der Waals surface area (Å²) in [5.41, 5.74) is 1.32. The second-order valence-corrected chi connectivity index (χ2v) is 8.82. The lowest BCUT2D eigenvalue weighted by Crippen LogP contribution is -2.28. The van der Waals surface area contributed by atoms with Gasteiger partial charge in [-0.15, -0.1) is 22.7 Å². The minimum absolute atomic E-state index is 0.0792. The average Bonchev–Trinajstić information content (AvgIpc) is 3.46. The molecule has 1 atom stereocenters. The monoisotopic (exact) mass is 444 g/mol. The van der Waals surface area contributed by atoms with Gasteiger partial charge in [-0.2, -0.15) is 0 Å². The van der Waals surface area contributed by atoms with Crippen LogP contribution in [-0.4, -0.2) is 22.7 Å². The number of aryl methyl sites for hydroxylation is 1. The maximum atomic E-state index is 12.8. The lowest BCUT2D eigenvalue weighted by Gasteiger charge is -2.11. The molecular formula is C21H17ClN2O3S2. The van der Waals surface area contributed by atoms with Gasteiger partial charge in [0.2, 0.25) is 0 Å². The van der Waals surface area contributed by atoms with E-state index in [-0.39, 0.29) is 12.5 Å². The number of hydrogen-bond donors (Lipinski definition) is 2. The maximum absolute atomic E-state index is 12.8. The summed E-state index contributed by atoms with van der Waals surface area (Å²) in [6.07, 6.45) is -0.804. The number of carbonyl (C=O) groups excluding carboxylic acids is 1. The molecular weight excluding hydrogens is 428 g/mol. The molecule has 2 N–H and O–H groups in total. The predicted molar refractivity (Wildman–Crippen MR) is 117 cm³/mol. The number of benzene rings is 1. The Hall–Kier alpha value is -2.45. The van der Waals surface area contributed by atoms with Crippen LogP contribution in [0, 0.1) is 6.92 Å². The van der Waals surface area contributed by atoms with Crippen LogP contribution in [0.3, 0.4) is 0 Å². The molecule has 5 nitrogen and oxygen atoms in total. The topological polar surface area (TPSA) is 75.4 Å². The first-order valence-electron chi connectivity index (χ1n) is 8.85. The molecule has 0 fully saturated rings. The van der Waals surface area contributed by atoms with Crippen LogP contribution in [0.4, 0.5) is 0 Å². The Morgan fingerprint density at radius 2 is 2.03 bits per heavy atom. The van der Waals surface area contributed by atoms with Crippen molar-refractivity contribution in [3.63, 3.8) is 0 Å². The van der Waals surface area contributed by atoms with E-state index in [1.54, 1.807) is 36.5 Å². The lowest BCUT2D eigenvalue weighted by atomic mass is 10.1. The number of hydrogen-bond acceptors (Lipinski definition) is 6. The van der Waals surface area contributed by atoms with Crippen LogP contribution >= 0.6 is 34.3 Å². The fourth-order valence-corrected chi connectivity index (χ4v) is 4.99. The van der Waals surface area contributed by atoms with Crippen molar-refractivity contribution < 1.29 is 14.4 Å². The van der Waals surface area contributed by atoms with Crippen molar-refractivity contribution in [2.24, 2.45) is 0 Å². The van der Waals surface area contributed by atoms with Gasteiger partial charge in [0.05, 0.1) is 5.02 Å². The van der Waals surface area contributed by atoms with Crippen LogP contribution in [0.2, 0.25) is 5.02 Å². The molecule has 0 spiro atoms. The number of halogens is 1. The molecule has 3 heterocycles. The summed E-state index contributed by atoms with van der Waals surface area (Å²) in [6.45, 7) is 1.75. The van der Waals surface area contributed by atoms with E-state index in [1.807, 2.05) is 35.7 Å². The number of aromatic nitrogens is 1. The summed E-state index contributed by atoms with van der Waals surface area (Å²) in [5, 5.41) is 19.8. The molecule has 0 saturated carbocycles. The third-order valence-corrected chi connectivity index (χ3v) is 6.98. The largest absolute Gasteiger partial charge is 0.386 e. The summed E-state index contributed by atoms with van der Waals surface area (Å²) in [6, 6.07) is 15.0. The fraction of sp³-hybridized carbons (Fsp3) is 0.143. The van der Waals surface area contributed by atoms with Crippen molar-refractivity contribution in [2.75, 3.05) is 6.54 Å².